The van der Waals surface area contributed by atoms with Crippen LogP contribution >= 0.6 is 0 Å². The lowest BCUT2D eigenvalue weighted by Gasteiger charge is -2.37. The minimum atomic E-state index is -0.270. The molecule has 1 aromatic rings. The molecular weight excluding hydrogens is 264 g/mol. The van der Waals surface area contributed by atoms with E-state index in [9.17, 15) is 9.59 Å². The number of benzene rings is 1. The van der Waals surface area contributed by atoms with Gasteiger partial charge in [0.1, 0.15) is 11.4 Å². The maximum Gasteiger partial charge on any atom is 0.193 e. The van der Waals surface area contributed by atoms with Gasteiger partial charge in [-0.1, -0.05) is 24.3 Å². The molecule has 21 heavy (non-hydrogen) atoms. The maximum atomic E-state index is 12.7. The number of rotatable bonds is 1. The molecule has 0 spiro atoms. The fourth-order valence-corrected chi connectivity index (χ4v) is 2.91. The highest BCUT2D eigenvalue weighted by molar-refractivity contribution is 6.35. The average molecular weight is 282 g/mol. The molecule has 0 amide bonds. The summed E-state index contributed by atoms with van der Waals surface area (Å²) in [6, 6.07) is 7.62. The molecule has 3 rings (SSSR count). The number of hydrogen-bond donors (Lipinski definition) is 0. The van der Waals surface area contributed by atoms with Crippen LogP contribution in [0.25, 0.3) is 11.3 Å². The van der Waals surface area contributed by atoms with Crippen LogP contribution in [0.15, 0.2) is 35.9 Å². The molecule has 0 bridgehead atoms. The van der Waals surface area contributed by atoms with E-state index in [1.165, 1.54) is 13.0 Å². The van der Waals surface area contributed by atoms with E-state index in [1.807, 2.05) is 38.1 Å². The fourth-order valence-electron chi connectivity index (χ4n) is 2.91. The van der Waals surface area contributed by atoms with Crippen molar-refractivity contribution in [2.75, 3.05) is 0 Å². The van der Waals surface area contributed by atoms with Crippen molar-refractivity contribution in [2.45, 2.75) is 39.2 Å². The molecule has 0 saturated carbocycles. The zero-order valence-corrected chi connectivity index (χ0v) is 12.5. The van der Waals surface area contributed by atoms with E-state index in [4.69, 9.17) is 4.74 Å². The van der Waals surface area contributed by atoms with E-state index < -0.39 is 0 Å². The zero-order chi connectivity index (χ0) is 15.2. The van der Waals surface area contributed by atoms with Gasteiger partial charge < -0.3 is 4.74 Å². The van der Waals surface area contributed by atoms with Crippen LogP contribution in [0.5, 0.6) is 0 Å². The van der Waals surface area contributed by atoms with Crippen molar-refractivity contribution in [3.05, 3.63) is 47.0 Å². The van der Waals surface area contributed by atoms with Gasteiger partial charge >= 0.3 is 0 Å². The summed E-state index contributed by atoms with van der Waals surface area (Å²) in [7, 11) is 0. The molecule has 0 N–H and O–H groups in total. The highest BCUT2D eigenvalue weighted by atomic mass is 16.5. The van der Waals surface area contributed by atoms with Crippen molar-refractivity contribution in [1.29, 1.82) is 0 Å². The Kier molecular flexibility index (Phi) is 3.08. The topological polar surface area (TPSA) is 43.4 Å². The van der Waals surface area contributed by atoms with Crippen LogP contribution in [0.2, 0.25) is 0 Å². The summed E-state index contributed by atoms with van der Waals surface area (Å²) in [6.07, 6.45) is 2.92. The average Bonchev–Trinajstić information content (AvgIpc) is 2.42. The van der Waals surface area contributed by atoms with Crippen molar-refractivity contribution in [2.24, 2.45) is 0 Å². The van der Waals surface area contributed by atoms with Crippen molar-refractivity contribution in [3.63, 3.8) is 0 Å². The van der Waals surface area contributed by atoms with Crippen LogP contribution in [0.4, 0.5) is 0 Å². The van der Waals surface area contributed by atoms with Gasteiger partial charge in [0.05, 0.1) is 0 Å². The lowest BCUT2D eigenvalue weighted by Crippen LogP contribution is -2.32. The Bertz CT molecular complexity index is 705. The molecule has 2 aliphatic rings. The fraction of sp³-hybridized carbons (Fsp3) is 0.333. The Morgan fingerprint density at radius 1 is 1.24 bits per heavy atom. The van der Waals surface area contributed by atoms with Crippen LogP contribution in [0.3, 0.4) is 0 Å². The van der Waals surface area contributed by atoms with Gasteiger partial charge in [0.15, 0.2) is 11.6 Å². The minimum absolute atomic E-state index is 0.0746. The first-order valence-corrected chi connectivity index (χ1v) is 7.18. The summed E-state index contributed by atoms with van der Waals surface area (Å²) < 4.78 is 6.07. The van der Waals surface area contributed by atoms with Gasteiger partial charge in [0, 0.05) is 16.7 Å². The van der Waals surface area contributed by atoms with Gasteiger partial charge in [-0.15, -0.1) is 0 Å². The monoisotopic (exact) mass is 282 g/mol. The largest absolute Gasteiger partial charge is 0.487 e. The molecule has 1 aromatic carbocycles. The lowest BCUT2D eigenvalue weighted by atomic mass is 9.80. The van der Waals surface area contributed by atoms with Gasteiger partial charge in [-0.05, 0) is 45.3 Å². The maximum absolute atomic E-state index is 12.7. The standard InChI is InChI=1S/C18H18O3/c1-11(19)10-15-12-6-4-5-7-13(12)17-14(16(15)20)8-9-18(2,3)21-17/h4-7,10H,8-9H2,1-3H3/b15-10+. The summed E-state index contributed by atoms with van der Waals surface area (Å²) in [5.74, 6) is 0.496. The molecule has 1 aliphatic heterocycles. The summed E-state index contributed by atoms with van der Waals surface area (Å²) in [5.41, 5.74) is 2.61. The van der Waals surface area contributed by atoms with Crippen LogP contribution in [-0.4, -0.2) is 17.2 Å². The van der Waals surface area contributed by atoms with E-state index >= 15 is 0 Å². The van der Waals surface area contributed by atoms with Crippen LogP contribution < -0.4 is 0 Å². The summed E-state index contributed by atoms with van der Waals surface area (Å²) >= 11 is 0. The van der Waals surface area contributed by atoms with Gasteiger partial charge in [0.25, 0.3) is 0 Å². The van der Waals surface area contributed by atoms with Crippen LogP contribution in [0.1, 0.15) is 44.7 Å². The molecule has 0 aromatic heterocycles. The third-order valence-electron chi connectivity index (χ3n) is 3.96. The molecule has 0 atom stereocenters. The first kappa shape index (κ1) is 13.8. The first-order valence-electron chi connectivity index (χ1n) is 7.18. The normalized spacial score (nSPS) is 21.7. The van der Waals surface area contributed by atoms with Crippen molar-refractivity contribution < 1.29 is 14.3 Å². The smallest absolute Gasteiger partial charge is 0.193 e. The van der Waals surface area contributed by atoms with E-state index in [1.54, 1.807) is 0 Å². The second-order valence-corrected chi connectivity index (χ2v) is 6.21. The first-order chi connectivity index (χ1) is 9.89. The van der Waals surface area contributed by atoms with Gasteiger partial charge in [-0.3, -0.25) is 9.59 Å². The number of fused-ring (bicyclic) bond motifs is 2. The summed E-state index contributed by atoms with van der Waals surface area (Å²) in [4.78, 5) is 24.2. The Morgan fingerprint density at radius 3 is 2.57 bits per heavy atom. The van der Waals surface area contributed by atoms with Crippen molar-refractivity contribution in [3.8, 4) is 0 Å². The molecule has 0 fully saturated rings. The van der Waals surface area contributed by atoms with Crippen molar-refractivity contribution >= 4 is 22.9 Å². The molecule has 108 valence electrons. The molecule has 1 heterocycles. The van der Waals surface area contributed by atoms with Gasteiger partial charge in [0.2, 0.25) is 0 Å². The number of carbonyl (C=O) groups is 2. The highest BCUT2D eigenvalue weighted by Gasteiger charge is 2.37. The van der Waals surface area contributed by atoms with Gasteiger partial charge in [-0.2, -0.15) is 0 Å². The quantitative estimate of drug-likeness (QED) is 0.740. The number of ether oxygens (including phenoxy) is 1. The number of Topliss-reactive ketones (excluding diaryl/α,β-unsaturated/α-hetero) is 1. The predicted molar refractivity (Wildman–Crippen MR) is 81.4 cm³/mol. The number of ketones is 2. The SMILES string of the molecule is CC(=O)/C=C1/C(=O)C2=C(OC(C)(C)CC2)c2ccccc21. The molecule has 3 nitrogen and oxygen atoms in total. The predicted octanol–water partition coefficient (Wildman–Crippen LogP) is 3.54. The third kappa shape index (κ3) is 2.33. The highest BCUT2D eigenvalue weighted by Crippen LogP contribution is 2.44. The Balaban J connectivity index is 2.23. The van der Waals surface area contributed by atoms with Crippen molar-refractivity contribution in [1.82, 2.24) is 0 Å². The van der Waals surface area contributed by atoms with Crippen LogP contribution in [-0.2, 0) is 14.3 Å². The number of carbonyl (C=O) groups excluding carboxylic acids is 2. The Hall–Kier alpha value is -2.16. The lowest BCUT2D eigenvalue weighted by molar-refractivity contribution is -0.114. The Labute approximate surface area is 124 Å². The number of allylic oxidation sites excluding steroid dienone is 3. The molecule has 0 unspecified atom stereocenters. The van der Waals surface area contributed by atoms with E-state index in [0.29, 0.717) is 23.3 Å². The second-order valence-electron chi connectivity index (χ2n) is 6.21. The molecule has 3 heteroatoms. The van der Waals surface area contributed by atoms with Crippen LogP contribution in [0, 0.1) is 0 Å². The number of hydrogen-bond acceptors (Lipinski definition) is 3. The van der Waals surface area contributed by atoms with E-state index in [-0.39, 0.29) is 17.2 Å². The summed E-state index contributed by atoms with van der Waals surface area (Å²) in [5, 5.41) is 0. The molecule has 0 radical (unpaired) electrons. The Morgan fingerprint density at radius 2 is 1.90 bits per heavy atom. The summed E-state index contributed by atoms with van der Waals surface area (Å²) in [6.45, 7) is 5.53. The second kappa shape index (κ2) is 4.69. The zero-order valence-electron chi connectivity index (χ0n) is 12.5. The van der Waals surface area contributed by atoms with Gasteiger partial charge in [-0.25, -0.2) is 0 Å². The minimum Gasteiger partial charge on any atom is -0.487 e. The molecule has 1 aliphatic carbocycles. The molecule has 0 saturated heterocycles. The molecular formula is C18H18O3. The third-order valence-corrected chi connectivity index (χ3v) is 3.96. The van der Waals surface area contributed by atoms with E-state index in [0.717, 1.165) is 17.5 Å². The van der Waals surface area contributed by atoms with E-state index in [2.05, 4.69) is 0 Å².